The first kappa shape index (κ1) is 12.5. The van der Waals surface area contributed by atoms with Crippen molar-refractivity contribution in [2.75, 3.05) is 0 Å². The Morgan fingerprint density at radius 1 is 1.35 bits per heavy atom. The minimum Gasteiger partial charge on any atom is -0.262 e. The number of nitrogens with zero attached hydrogens (tertiary/aromatic N) is 4. The second kappa shape index (κ2) is 5.59. The molecule has 0 amide bonds. The van der Waals surface area contributed by atoms with Crippen LogP contribution in [0, 0.1) is 6.92 Å². The summed E-state index contributed by atoms with van der Waals surface area (Å²) in [7, 11) is 0. The number of rotatable bonds is 4. The predicted octanol–water partition coefficient (Wildman–Crippen LogP) is 2.77. The van der Waals surface area contributed by atoms with E-state index in [4.69, 9.17) is 0 Å². The normalized spacial score (nSPS) is 10.8. The van der Waals surface area contributed by atoms with Crippen LogP contribution in [0.3, 0.4) is 0 Å². The van der Waals surface area contributed by atoms with Crippen LogP contribution in [0.25, 0.3) is 0 Å². The van der Waals surface area contributed by atoms with E-state index in [0.29, 0.717) is 5.16 Å². The molecule has 0 radical (unpaired) electrons. The minimum absolute atomic E-state index is 0.676. The number of hydrogen-bond acceptors (Lipinski definition) is 5. The van der Waals surface area contributed by atoms with Gasteiger partial charge in [0.05, 0.1) is 0 Å². The highest BCUT2D eigenvalue weighted by atomic mass is 79.9. The van der Waals surface area contributed by atoms with Gasteiger partial charge in [-0.2, -0.15) is 0 Å². The van der Waals surface area contributed by atoms with Crippen LogP contribution >= 0.6 is 27.7 Å². The summed E-state index contributed by atoms with van der Waals surface area (Å²) in [5.41, 5.74) is 0. The molecule has 0 spiro atoms. The molecule has 1 N–H and O–H groups in total. The molecule has 0 bridgehead atoms. The monoisotopic (exact) mass is 313 g/mol. The minimum atomic E-state index is 0.676. The predicted molar refractivity (Wildman–Crippen MR) is 69.0 cm³/mol. The molecule has 0 fully saturated rings. The van der Waals surface area contributed by atoms with E-state index in [1.54, 1.807) is 0 Å². The zero-order chi connectivity index (χ0) is 12.3. The summed E-state index contributed by atoms with van der Waals surface area (Å²) in [6.45, 7) is 3.98. The average Bonchev–Trinajstić information content (AvgIpc) is 2.63. The molecule has 2 aromatic rings. The zero-order valence-corrected chi connectivity index (χ0v) is 12.0. The van der Waals surface area contributed by atoms with Crippen LogP contribution in [0.1, 0.15) is 25.0 Å². The molecule has 90 valence electrons. The third kappa shape index (κ3) is 3.50. The van der Waals surface area contributed by atoms with E-state index in [1.807, 2.05) is 13.0 Å². The Labute approximate surface area is 112 Å². The largest absolute Gasteiger partial charge is 0.262 e. The summed E-state index contributed by atoms with van der Waals surface area (Å²) in [5, 5.41) is 8.41. The summed E-state index contributed by atoms with van der Waals surface area (Å²) in [4.78, 5) is 13.0. The van der Waals surface area contributed by atoms with E-state index >= 15 is 0 Å². The molecule has 0 aromatic carbocycles. The lowest BCUT2D eigenvalue weighted by molar-refractivity contribution is 0.801. The van der Waals surface area contributed by atoms with Crippen LogP contribution in [0.2, 0.25) is 0 Å². The summed E-state index contributed by atoms with van der Waals surface area (Å²) in [6.07, 6.45) is 1.90. The number of hydrogen-bond donors (Lipinski definition) is 1. The molecule has 0 unspecified atom stereocenters. The van der Waals surface area contributed by atoms with E-state index < -0.39 is 0 Å². The molecule has 2 heterocycles. The van der Waals surface area contributed by atoms with Crippen molar-refractivity contribution < 1.29 is 0 Å². The highest BCUT2D eigenvalue weighted by molar-refractivity contribution is 9.10. The summed E-state index contributed by atoms with van der Waals surface area (Å²) < 4.78 is 0.797. The first-order valence-electron chi connectivity index (χ1n) is 5.27. The summed E-state index contributed by atoms with van der Waals surface area (Å²) in [6, 6.07) is 1.87. The van der Waals surface area contributed by atoms with Gasteiger partial charge >= 0.3 is 0 Å². The third-order valence-electron chi connectivity index (χ3n) is 1.96. The maximum absolute atomic E-state index is 4.46. The first-order valence-corrected chi connectivity index (χ1v) is 6.88. The average molecular weight is 314 g/mol. The standard InChI is InChI=1S/C10H12BrN5S/c1-3-4-8-13-7(11)5-9(14-8)17-10-12-6(2)15-16-10/h5H,3-4H2,1-2H3,(H,12,15,16). The number of aryl methyl sites for hydroxylation is 2. The van der Waals surface area contributed by atoms with Crippen molar-refractivity contribution in [1.82, 2.24) is 25.1 Å². The molecule has 7 heteroatoms. The van der Waals surface area contributed by atoms with Crippen LogP contribution in [0.5, 0.6) is 0 Å². The van der Waals surface area contributed by atoms with Gasteiger partial charge in [0.1, 0.15) is 21.3 Å². The molecule has 2 aromatic heterocycles. The van der Waals surface area contributed by atoms with Crippen molar-refractivity contribution >= 4 is 27.7 Å². The molecule has 0 saturated carbocycles. The fraction of sp³-hybridized carbons (Fsp3) is 0.400. The van der Waals surface area contributed by atoms with Gasteiger partial charge in [-0.1, -0.05) is 6.92 Å². The molecular formula is C10H12BrN5S. The van der Waals surface area contributed by atoms with Crippen molar-refractivity contribution in [3.63, 3.8) is 0 Å². The van der Waals surface area contributed by atoms with Crippen LogP contribution in [-0.2, 0) is 6.42 Å². The van der Waals surface area contributed by atoms with Gasteiger partial charge in [0, 0.05) is 12.5 Å². The molecule has 5 nitrogen and oxygen atoms in total. The second-order valence-electron chi connectivity index (χ2n) is 3.50. The van der Waals surface area contributed by atoms with Gasteiger partial charge in [0.15, 0.2) is 0 Å². The Balaban J connectivity index is 2.20. The maximum atomic E-state index is 4.46. The van der Waals surface area contributed by atoms with Crippen LogP contribution < -0.4 is 0 Å². The summed E-state index contributed by atoms with van der Waals surface area (Å²) >= 11 is 4.82. The smallest absolute Gasteiger partial charge is 0.214 e. The van der Waals surface area contributed by atoms with Crippen molar-refractivity contribution in [3.8, 4) is 0 Å². The van der Waals surface area contributed by atoms with Gasteiger partial charge in [-0.25, -0.2) is 15.0 Å². The van der Waals surface area contributed by atoms with Crippen molar-refractivity contribution in [2.24, 2.45) is 0 Å². The van der Waals surface area contributed by atoms with E-state index in [1.165, 1.54) is 11.8 Å². The van der Waals surface area contributed by atoms with E-state index in [2.05, 4.69) is 48.0 Å². The highest BCUT2D eigenvalue weighted by Crippen LogP contribution is 2.24. The van der Waals surface area contributed by atoms with E-state index in [9.17, 15) is 0 Å². The van der Waals surface area contributed by atoms with Crippen LogP contribution in [0.4, 0.5) is 0 Å². The molecule has 0 aliphatic rings. The summed E-state index contributed by atoms with van der Waals surface area (Å²) in [5.74, 6) is 1.64. The first-order chi connectivity index (χ1) is 8.17. The Bertz CT molecular complexity index is 513. The van der Waals surface area contributed by atoms with E-state index in [-0.39, 0.29) is 0 Å². The van der Waals surface area contributed by atoms with Crippen LogP contribution in [-0.4, -0.2) is 25.1 Å². The van der Waals surface area contributed by atoms with Crippen molar-refractivity contribution in [1.29, 1.82) is 0 Å². The number of nitrogens with one attached hydrogen (secondary N) is 1. The number of aromatic amines is 1. The Hall–Kier alpha value is -0.950. The Morgan fingerprint density at radius 3 is 2.82 bits per heavy atom. The number of H-pyrrole nitrogens is 1. The number of halogens is 1. The lowest BCUT2D eigenvalue weighted by Gasteiger charge is -2.01. The topological polar surface area (TPSA) is 67.3 Å². The van der Waals surface area contributed by atoms with Gasteiger partial charge in [-0.15, -0.1) is 5.10 Å². The Kier molecular flexibility index (Phi) is 4.11. The van der Waals surface area contributed by atoms with E-state index in [0.717, 1.165) is 34.1 Å². The van der Waals surface area contributed by atoms with Gasteiger partial charge in [-0.05, 0) is 41.0 Å². The van der Waals surface area contributed by atoms with Gasteiger partial charge in [0.2, 0.25) is 5.16 Å². The molecule has 2 rings (SSSR count). The molecule has 17 heavy (non-hydrogen) atoms. The quantitative estimate of drug-likeness (QED) is 0.879. The van der Waals surface area contributed by atoms with Gasteiger partial charge in [0.25, 0.3) is 0 Å². The van der Waals surface area contributed by atoms with Crippen LogP contribution in [0.15, 0.2) is 20.9 Å². The SMILES string of the molecule is CCCc1nc(Br)cc(Sc2n[nH]c(C)n2)n1. The lowest BCUT2D eigenvalue weighted by Crippen LogP contribution is -1.96. The molecular weight excluding hydrogens is 302 g/mol. The zero-order valence-electron chi connectivity index (χ0n) is 9.57. The highest BCUT2D eigenvalue weighted by Gasteiger charge is 2.07. The fourth-order valence-corrected chi connectivity index (χ4v) is 2.65. The molecule has 0 aliphatic heterocycles. The number of aromatic nitrogens is 5. The van der Waals surface area contributed by atoms with Crippen molar-refractivity contribution in [3.05, 3.63) is 22.3 Å². The molecule has 0 saturated heterocycles. The molecule has 0 aliphatic carbocycles. The molecule has 0 atom stereocenters. The van der Waals surface area contributed by atoms with Gasteiger partial charge < -0.3 is 0 Å². The second-order valence-corrected chi connectivity index (χ2v) is 5.30. The Morgan fingerprint density at radius 2 is 2.18 bits per heavy atom. The van der Waals surface area contributed by atoms with Gasteiger partial charge in [-0.3, -0.25) is 5.10 Å². The fourth-order valence-electron chi connectivity index (χ4n) is 1.29. The lowest BCUT2D eigenvalue weighted by atomic mass is 10.3. The van der Waals surface area contributed by atoms with Crippen molar-refractivity contribution in [2.45, 2.75) is 36.9 Å². The maximum Gasteiger partial charge on any atom is 0.214 e. The third-order valence-corrected chi connectivity index (χ3v) is 3.15.